The van der Waals surface area contributed by atoms with Crippen molar-refractivity contribution >= 4 is 39.3 Å². The van der Waals surface area contributed by atoms with E-state index >= 15 is 0 Å². The molecule has 0 unspecified atom stereocenters. The molecule has 0 bridgehead atoms. The van der Waals surface area contributed by atoms with E-state index in [1.54, 1.807) is 6.07 Å². The fourth-order valence-corrected chi connectivity index (χ4v) is 3.82. The minimum atomic E-state index is -0.493. The zero-order valence-corrected chi connectivity index (χ0v) is 17.3. The maximum atomic E-state index is 12.7. The van der Waals surface area contributed by atoms with E-state index in [1.807, 2.05) is 55.5 Å². The lowest BCUT2D eigenvalue weighted by Gasteiger charge is -2.21. The van der Waals surface area contributed by atoms with Gasteiger partial charge in [-0.15, -0.1) is 0 Å². The molecule has 1 N–H and O–H groups in total. The van der Waals surface area contributed by atoms with Crippen molar-refractivity contribution < 1.29 is 9.52 Å². The van der Waals surface area contributed by atoms with E-state index < -0.39 is 5.63 Å². The Labute approximate surface area is 174 Å². The van der Waals surface area contributed by atoms with E-state index in [9.17, 15) is 9.90 Å². The van der Waals surface area contributed by atoms with E-state index in [2.05, 4.69) is 23.7 Å². The number of anilines is 1. The quantitative estimate of drug-likeness (QED) is 0.352. The Morgan fingerprint density at radius 3 is 2.57 bits per heavy atom. The van der Waals surface area contributed by atoms with Crippen LogP contribution in [0, 0.1) is 6.92 Å². The third-order valence-corrected chi connectivity index (χ3v) is 5.52. The summed E-state index contributed by atoms with van der Waals surface area (Å²) < 4.78 is 5.60. The number of hydrogen-bond donors (Lipinski definition) is 1. The minimum absolute atomic E-state index is 0.115. The monoisotopic (exact) mass is 400 g/mol. The Morgan fingerprint density at radius 2 is 1.80 bits per heavy atom. The molecule has 152 valence electrons. The summed E-state index contributed by atoms with van der Waals surface area (Å²) in [6.45, 7) is 7.81. The average molecular weight is 400 g/mol. The molecule has 0 aliphatic rings. The molecule has 4 aromatic rings. The lowest BCUT2D eigenvalue weighted by atomic mass is 10.0. The molecule has 1 aromatic heterocycles. The fourth-order valence-electron chi connectivity index (χ4n) is 3.82. The molecule has 1 heterocycles. The molecule has 0 atom stereocenters. The Morgan fingerprint density at radius 1 is 1.03 bits per heavy atom. The number of aliphatic imine (C=N–C) groups is 1. The zero-order valence-electron chi connectivity index (χ0n) is 17.3. The first-order chi connectivity index (χ1) is 14.5. The number of benzene rings is 3. The molecule has 0 spiro atoms. The second-order valence-electron chi connectivity index (χ2n) is 7.19. The van der Waals surface area contributed by atoms with Crippen LogP contribution in [0.2, 0.25) is 0 Å². The first kappa shape index (κ1) is 19.7. The highest BCUT2D eigenvalue weighted by atomic mass is 16.4. The summed E-state index contributed by atoms with van der Waals surface area (Å²) in [7, 11) is 0. The summed E-state index contributed by atoms with van der Waals surface area (Å²) in [6.07, 6.45) is 1.53. The topological polar surface area (TPSA) is 66.0 Å². The second kappa shape index (κ2) is 8.03. The Hall–Kier alpha value is -3.60. The molecule has 4 rings (SSSR count). The molecule has 30 heavy (non-hydrogen) atoms. The molecule has 0 aliphatic carbocycles. The van der Waals surface area contributed by atoms with Gasteiger partial charge >= 0.3 is 5.63 Å². The number of nitrogens with zero attached hydrogens (tertiary/aromatic N) is 2. The van der Waals surface area contributed by atoms with E-state index in [1.165, 1.54) is 6.21 Å². The lowest BCUT2D eigenvalue weighted by Crippen LogP contribution is -2.21. The Bertz CT molecular complexity index is 1320. The van der Waals surface area contributed by atoms with Crippen LogP contribution in [-0.2, 0) is 0 Å². The third-order valence-electron chi connectivity index (χ3n) is 5.52. The van der Waals surface area contributed by atoms with Gasteiger partial charge in [0.2, 0.25) is 0 Å². The van der Waals surface area contributed by atoms with Crippen LogP contribution in [0.25, 0.3) is 21.7 Å². The molecule has 0 fully saturated rings. The van der Waals surface area contributed by atoms with Crippen molar-refractivity contribution in [2.75, 3.05) is 18.0 Å². The van der Waals surface area contributed by atoms with Gasteiger partial charge in [-0.25, -0.2) is 9.79 Å². The van der Waals surface area contributed by atoms with Gasteiger partial charge in [0.05, 0.1) is 0 Å². The lowest BCUT2D eigenvalue weighted by molar-refractivity contribution is 0.475. The third kappa shape index (κ3) is 3.43. The van der Waals surface area contributed by atoms with Gasteiger partial charge in [0.25, 0.3) is 0 Å². The van der Waals surface area contributed by atoms with Gasteiger partial charge in [-0.05, 0) is 55.3 Å². The number of phenols is 1. The summed E-state index contributed by atoms with van der Waals surface area (Å²) in [5, 5.41) is 13.0. The van der Waals surface area contributed by atoms with Gasteiger partial charge in [0.1, 0.15) is 11.3 Å². The molecule has 0 radical (unpaired) electrons. The first-order valence-electron chi connectivity index (χ1n) is 10.1. The van der Waals surface area contributed by atoms with E-state index in [0.29, 0.717) is 11.1 Å². The molecule has 5 nitrogen and oxygen atoms in total. The van der Waals surface area contributed by atoms with Crippen molar-refractivity contribution in [2.24, 2.45) is 4.99 Å². The Kier molecular flexibility index (Phi) is 5.27. The molecular weight excluding hydrogens is 376 g/mol. The van der Waals surface area contributed by atoms with Crippen LogP contribution >= 0.6 is 0 Å². The van der Waals surface area contributed by atoms with E-state index in [4.69, 9.17) is 4.42 Å². The van der Waals surface area contributed by atoms with Gasteiger partial charge in [-0.2, -0.15) is 0 Å². The average Bonchev–Trinajstić information content (AvgIpc) is 2.75. The van der Waals surface area contributed by atoms with Gasteiger partial charge in [0.15, 0.2) is 5.69 Å². The summed E-state index contributed by atoms with van der Waals surface area (Å²) in [4.78, 5) is 19.3. The molecule has 0 saturated heterocycles. The standard InChI is InChI=1S/C25H24N2O3/c1-4-27(5-2)18-11-12-19-16(3)24(25(29)30-23(19)14-18)26-15-21-20-9-7-6-8-17(20)10-13-22(21)28/h6-15,28H,4-5H2,1-3H3. The summed E-state index contributed by atoms with van der Waals surface area (Å²) >= 11 is 0. The van der Waals surface area contributed by atoms with Gasteiger partial charge in [-0.1, -0.05) is 30.3 Å². The van der Waals surface area contributed by atoms with E-state index in [-0.39, 0.29) is 11.4 Å². The summed E-state index contributed by atoms with van der Waals surface area (Å²) in [5.74, 6) is 0.115. The van der Waals surface area contributed by atoms with Crippen LogP contribution in [0.1, 0.15) is 25.0 Å². The second-order valence-corrected chi connectivity index (χ2v) is 7.19. The number of phenolic OH excluding ortho intramolecular Hbond substituents is 1. The van der Waals surface area contributed by atoms with E-state index in [0.717, 1.165) is 40.5 Å². The van der Waals surface area contributed by atoms with Crippen LogP contribution in [0.3, 0.4) is 0 Å². The predicted molar refractivity (Wildman–Crippen MR) is 124 cm³/mol. The fraction of sp³-hybridized carbons (Fsp3) is 0.200. The van der Waals surface area contributed by atoms with Gasteiger partial charge < -0.3 is 14.4 Å². The van der Waals surface area contributed by atoms with Crippen molar-refractivity contribution in [3.63, 3.8) is 0 Å². The van der Waals surface area contributed by atoms with Crippen LogP contribution in [0.4, 0.5) is 11.4 Å². The van der Waals surface area contributed by atoms with Crippen molar-refractivity contribution in [3.05, 3.63) is 76.1 Å². The van der Waals surface area contributed by atoms with Crippen LogP contribution < -0.4 is 10.5 Å². The highest BCUT2D eigenvalue weighted by Gasteiger charge is 2.13. The number of aryl methyl sites for hydroxylation is 1. The van der Waals surface area contributed by atoms with Crippen molar-refractivity contribution in [1.29, 1.82) is 0 Å². The van der Waals surface area contributed by atoms with Crippen LogP contribution in [0.15, 0.2) is 68.8 Å². The molecule has 0 aliphatic heterocycles. The molecular formula is C25H24N2O3. The predicted octanol–water partition coefficient (Wildman–Crippen LogP) is 5.56. The number of rotatable bonds is 5. The van der Waals surface area contributed by atoms with Crippen LogP contribution in [-0.4, -0.2) is 24.4 Å². The molecule has 5 heteroatoms. The number of hydrogen-bond acceptors (Lipinski definition) is 5. The smallest absolute Gasteiger partial charge is 0.362 e. The maximum absolute atomic E-state index is 12.7. The highest BCUT2D eigenvalue weighted by Crippen LogP contribution is 2.29. The summed E-state index contributed by atoms with van der Waals surface area (Å²) in [6, 6.07) is 17.1. The SMILES string of the molecule is CCN(CC)c1ccc2c(C)c(N=Cc3c(O)ccc4ccccc34)c(=O)oc2c1. The first-order valence-corrected chi connectivity index (χ1v) is 10.1. The van der Waals surface area contributed by atoms with Crippen molar-refractivity contribution in [2.45, 2.75) is 20.8 Å². The van der Waals surface area contributed by atoms with Crippen molar-refractivity contribution in [3.8, 4) is 5.75 Å². The van der Waals surface area contributed by atoms with Gasteiger partial charge in [0, 0.05) is 42.0 Å². The highest BCUT2D eigenvalue weighted by molar-refractivity contribution is 6.03. The zero-order chi connectivity index (χ0) is 21.3. The molecule has 3 aromatic carbocycles. The largest absolute Gasteiger partial charge is 0.507 e. The molecule has 0 amide bonds. The normalized spacial score (nSPS) is 11.6. The number of fused-ring (bicyclic) bond motifs is 2. The van der Waals surface area contributed by atoms with Crippen molar-refractivity contribution in [1.82, 2.24) is 0 Å². The Balaban J connectivity index is 1.82. The summed E-state index contributed by atoms with van der Waals surface area (Å²) in [5.41, 5.74) is 2.64. The number of aromatic hydroxyl groups is 1. The minimum Gasteiger partial charge on any atom is -0.507 e. The van der Waals surface area contributed by atoms with Gasteiger partial charge in [-0.3, -0.25) is 0 Å². The maximum Gasteiger partial charge on any atom is 0.362 e. The van der Waals surface area contributed by atoms with Crippen LogP contribution in [0.5, 0.6) is 5.75 Å². The molecule has 0 saturated carbocycles.